The molecule has 0 aliphatic carbocycles. The fourth-order valence-electron chi connectivity index (χ4n) is 9.86. The van der Waals surface area contributed by atoms with Crippen LogP contribution in [0.5, 0.6) is 0 Å². The molecular weight excluding hydrogens is 1030 g/mol. The van der Waals surface area contributed by atoms with Crippen LogP contribution in [0.25, 0.3) is 10.4 Å². The first-order valence-electron chi connectivity index (χ1n) is 25.4. The minimum absolute atomic E-state index is 0.00207. The first kappa shape index (κ1) is 56.0. The molecule has 3 aliphatic heterocycles. The average Bonchev–Trinajstić information content (AvgIpc) is 4.23. The molecule has 0 saturated carbocycles. The number of benzene rings is 3. The summed E-state index contributed by atoms with van der Waals surface area (Å²) in [6.07, 6.45) is -3.08. The van der Waals surface area contributed by atoms with Gasteiger partial charge in [0.2, 0.25) is 17.7 Å². The molecule has 0 unspecified atom stereocenters. The zero-order chi connectivity index (χ0) is 55.6. The van der Waals surface area contributed by atoms with Gasteiger partial charge in [0.1, 0.15) is 23.4 Å². The van der Waals surface area contributed by atoms with Crippen molar-refractivity contribution in [2.45, 2.75) is 104 Å². The number of aliphatic hydroxyl groups excluding tert-OH is 1. The third-order valence-corrected chi connectivity index (χ3v) is 15.6. The van der Waals surface area contributed by atoms with Crippen molar-refractivity contribution < 1.29 is 37.5 Å². The van der Waals surface area contributed by atoms with Crippen molar-refractivity contribution in [2.75, 3.05) is 54.0 Å². The smallest absolute Gasteiger partial charge is 0.391 e. The Kier molecular flexibility index (Phi) is 16.6. The van der Waals surface area contributed by atoms with Crippen LogP contribution >= 0.6 is 23.6 Å². The van der Waals surface area contributed by atoms with Crippen molar-refractivity contribution in [1.82, 2.24) is 30.4 Å². The molecule has 3 fully saturated rings. The summed E-state index contributed by atoms with van der Waals surface area (Å²) in [6, 6.07) is 21.3. The van der Waals surface area contributed by atoms with Crippen LogP contribution in [-0.2, 0) is 25.4 Å². The minimum atomic E-state index is -4.80. The van der Waals surface area contributed by atoms with Crippen LogP contribution in [0, 0.1) is 35.5 Å². The summed E-state index contributed by atoms with van der Waals surface area (Å²) in [5.41, 5.74) is 2.93. The van der Waals surface area contributed by atoms with E-state index in [1.54, 1.807) is 66.6 Å². The van der Waals surface area contributed by atoms with Crippen molar-refractivity contribution in [3.63, 3.8) is 0 Å². The highest BCUT2D eigenvalue weighted by Crippen LogP contribution is 2.40. The number of aryl methyl sites for hydroxylation is 1. The van der Waals surface area contributed by atoms with E-state index in [4.69, 9.17) is 12.2 Å². The lowest BCUT2D eigenvalue weighted by atomic mass is 9.85. The Hall–Kier alpha value is -7.23. The molecule has 77 heavy (non-hydrogen) atoms. The van der Waals surface area contributed by atoms with Gasteiger partial charge >= 0.3 is 6.18 Å². The summed E-state index contributed by atoms with van der Waals surface area (Å²) >= 11 is 7.24. The number of thiazole rings is 1. The summed E-state index contributed by atoms with van der Waals surface area (Å²) in [7, 11) is 0. The minimum Gasteiger partial charge on any atom is -0.391 e. The monoisotopic (exact) mass is 1090 g/mol. The van der Waals surface area contributed by atoms with E-state index in [1.807, 2.05) is 76.5 Å². The quantitative estimate of drug-likeness (QED) is 0.0766. The fourth-order valence-corrected chi connectivity index (χ4v) is 11.2. The summed E-state index contributed by atoms with van der Waals surface area (Å²) in [4.78, 5) is 73.7. The number of nitrogens with zero attached hydrogens (tertiary/aromatic N) is 8. The number of halogens is 3. The van der Waals surface area contributed by atoms with Gasteiger partial charge in [0, 0.05) is 68.6 Å². The second kappa shape index (κ2) is 22.8. The van der Waals surface area contributed by atoms with Gasteiger partial charge in [-0.25, -0.2) is 9.97 Å². The van der Waals surface area contributed by atoms with Crippen LogP contribution in [0.4, 0.5) is 30.4 Å². The van der Waals surface area contributed by atoms with E-state index in [-0.39, 0.29) is 48.0 Å². The first-order valence-corrected chi connectivity index (χ1v) is 26.7. The lowest BCUT2D eigenvalue weighted by Crippen LogP contribution is -2.57. The average molecular weight is 1090 g/mol. The van der Waals surface area contributed by atoms with Crippen molar-refractivity contribution in [3.05, 3.63) is 124 Å². The van der Waals surface area contributed by atoms with Crippen LogP contribution in [0.2, 0.25) is 0 Å². The molecular formula is C57H61F3N10O5S2. The highest BCUT2D eigenvalue weighted by atomic mass is 32.1. The number of aromatic nitrogens is 2. The Morgan fingerprint density at radius 3 is 2.19 bits per heavy atom. The maximum atomic E-state index is 14.2. The SMILES string of the molecule is Cc1ncsc1-c1ccc([C@H](C)NC(=O)[C@@H]2C[C@@H](O)CN2C(=O)[C@@H](NC(=O)CCCN2CCN(c3ccc(C#Cc4ccc(N5C(=S)N(c6ccc(C#N)c(C(F)(F)F)c6)C(=O)C5(C)C)cc4)cn3)CC2)C(C)(C)C)cc1. The second-order valence-corrected chi connectivity index (χ2v) is 22.4. The van der Waals surface area contributed by atoms with Gasteiger partial charge < -0.3 is 30.4 Å². The van der Waals surface area contributed by atoms with Gasteiger partial charge in [0.15, 0.2) is 5.11 Å². The highest BCUT2D eigenvalue weighted by Gasteiger charge is 2.51. The number of rotatable bonds is 13. The molecule has 8 rings (SSSR count). The van der Waals surface area contributed by atoms with E-state index < -0.39 is 58.3 Å². The van der Waals surface area contributed by atoms with E-state index >= 15 is 0 Å². The molecule has 0 bridgehead atoms. The van der Waals surface area contributed by atoms with E-state index in [9.17, 15) is 42.7 Å². The topological polar surface area (TPSA) is 178 Å². The number of carbonyl (C=O) groups is 4. The van der Waals surface area contributed by atoms with Crippen LogP contribution < -0.4 is 25.3 Å². The molecule has 4 amide bonds. The van der Waals surface area contributed by atoms with Gasteiger partial charge in [-0.05, 0) is 124 Å². The molecule has 3 saturated heterocycles. The van der Waals surface area contributed by atoms with E-state index in [0.29, 0.717) is 29.8 Å². The summed E-state index contributed by atoms with van der Waals surface area (Å²) in [5, 5.41) is 26.0. The van der Waals surface area contributed by atoms with Crippen molar-refractivity contribution in [2.24, 2.45) is 5.41 Å². The standard InChI is InChI=1S/C57H61F3N10O5S2/c1-35(39-15-17-40(18-16-39)49-36(2)63-34-77-49)64-51(73)46-30-44(71)33-68(46)52(74)50(55(3,4)5)65-48(72)9-8-24-66-25-27-67(28-26-66)47-23-14-38(32-62-47)11-10-37-12-20-42(21-13-37)70-54(76)69(53(75)56(70,6)7)43-22-19-41(31-61)45(29-43)57(58,59)60/h12-23,29,32,34-35,44,46,50,71H,8-9,24-28,30,33H2,1-7H3,(H,64,73)(H,65,72)/t35-,44+,46-,50+/m0/s1. The lowest BCUT2D eigenvalue weighted by Gasteiger charge is -2.36. The zero-order valence-corrected chi connectivity index (χ0v) is 45.6. The predicted molar refractivity (Wildman–Crippen MR) is 294 cm³/mol. The Morgan fingerprint density at radius 2 is 1.58 bits per heavy atom. The number of hydrogen-bond acceptors (Lipinski definition) is 12. The number of carbonyl (C=O) groups excluding carboxylic acids is 4. The number of nitriles is 1. The Balaban J connectivity index is 0.791. The zero-order valence-electron chi connectivity index (χ0n) is 43.9. The summed E-state index contributed by atoms with van der Waals surface area (Å²) < 4.78 is 41.4. The van der Waals surface area contributed by atoms with Crippen LogP contribution in [0.1, 0.15) is 100 Å². The third-order valence-electron chi connectivity index (χ3n) is 14.2. The molecule has 0 radical (unpaired) electrons. The number of thiocarbonyl (C=S) groups is 1. The summed E-state index contributed by atoms with van der Waals surface area (Å²) in [6.45, 7) is 16.4. The van der Waals surface area contributed by atoms with Gasteiger partial charge in [0.05, 0.1) is 51.1 Å². The maximum Gasteiger partial charge on any atom is 0.417 e. The van der Waals surface area contributed by atoms with Crippen LogP contribution in [0.15, 0.2) is 90.6 Å². The molecule has 4 atom stereocenters. The number of anilines is 3. The van der Waals surface area contributed by atoms with Gasteiger partial charge in [-0.15, -0.1) is 11.3 Å². The van der Waals surface area contributed by atoms with Crippen molar-refractivity contribution in [3.8, 4) is 28.4 Å². The summed E-state index contributed by atoms with van der Waals surface area (Å²) in [5.74, 6) is 5.54. The van der Waals surface area contributed by atoms with Gasteiger partial charge in [0.25, 0.3) is 5.91 Å². The Bertz CT molecular complexity index is 3130. The number of nitrogens with one attached hydrogen (secondary N) is 2. The van der Waals surface area contributed by atoms with Crippen molar-refractivity contribution >= 4 is 69.5 Å². The highest BCUT2D eigenvalue weighted by molar-refractivity contribution is 7.81. The number of pyridine rings is 1. The molecule has 5 aromatic rings. The number of piperazine rings is 1. The number of β-amino-alcohol motifs (C(OH)–C–C–N with tert-alkyl or cyclic N) is 1. The van der Waals surface area contributed by atoms with Gasteiger partial charge in [-0.2, -0.15) is 18.4 Å². The Morgan fingerprint density at radius 1 is 0.922 bits per heavy atom. The van der Waals surface area contributed by atoms with E-state index in [1.165, 1.54) is 11.0 Å². The number of aliphatic hydroxyl groups is 1. The second-order valence-electron chi connectivity index (χ2n) is 21.2. The maximum absolute atomic E-state index is 14.2. The van der Waals surface area contributed by atoms with E-state index in [0.717, 1.165) is 70.7 Å². The van der Waals surface area contributed by atoms with E-state index in [2.05, 4.69) is 42.2 Å². The molecule has 402 valence electrons. The first-order chi connectivity index (χ1) is 36.4. The van der Waals surface area contributed by atoms with Gasteiger partial charge in [-0.1, -0.05) is 56.9 Å². The largest absolute Gasteiger partial charge is 0.417 e. The predicted octanol–water partition coefficient (Wildman–Crippen LogP) is 7.99. The molecule has 2 aromatic heterocycles. The lowest BCUT2D eigenvalue weighted by molar-refractivity contribution is -0.144. The van der Waals surface area contributed by atoms with Crippen LogP contribution in [0.3, 0.4) is 0 Å². The number of amides is 4. The number of likely N-dealkylation sites (tertiary alicyclic amines) is 1. The molecule has 3 aromatic carbocycles. The normalized spacial score (nSPS) is 18.6. The Labute approximate surface area is 456 Å². The molecule has 3 aliphatic rings. The van der Waals surface area contributed by atoms with Gasteiger partial charge in [-0.3, -0.25) is 29.0 Å². The molecule has 0 spiro atoms. The molecule has 15 nitrogen and oxygen atoms in total. The van der Waals surface area contributed by atoms with Crippen LogP contribution in [-0.4, -0.2) is 117 Å². The van der Waals surface area contributed by atoms with Crippen molar-refractivity contribution in [1.29, 1.82) is 5.26 Å². The third kappa shape index (κ3) is 12.5. The molecule has 3 N–H and O–H groups in total. The molecule has 5 heterocycles. The molecule has 20 heteroatoms. The fraction of sp³-hybridized carbons (Fsp3) is 0.404. The number of alkyl halides is 3. The number of hydrogen-bond donors (Lipinski definition) is 3.